The fourth-order valence-corrected chi connectivity index (χ4v) is 2.89. The SMILES string of the molecule is CCOc1cc(F)ccc1NC(=O)NC(c1ccc(OC)cc1)C1CC1. The predicted octanol–water partition coefficient (Wildman–Crippen LogP) is 4.51. The third-order valence-electron chi connectivity index (χ3n) is 4.35. The number of carbonyl (C=O) groups is 1. The van der Waals surface area contributed by atoms with Crippen molar-refractivity contribution in [3.63, 3.8) is 0 Å². The van der Waals surface area contributed by atoms with Crippen LogP contribution in [-0.2, 0) is 0 Å². The third-order valence-corrected chi connectivity index (χ3v) is 4.35. The van der Waals surface area contributed by atoms with Gasteiger partial charge in [0.25, 0.3) is 0 Å². The van der Waals surface area contributed by atoms with Crippen LogP contribution in [-0.4, -0.2) is 19.7 Å². The summed E-state index contributed by atoms with van der Waals surface area (Å²) >= 11 is 0. The number of hydrogen-bond acceptors (Lipinski definition) is 3. The van der Waals surface area contributed by atoms with Crippen molar-refractivity contribution >= 4 is 11.7 Å². The maximum Gasteiger partial charge on any atom is 0.319 e. The van der Waals surface area contributed by atoms with Crippen molar-refractivity contribution in [2.24, 2.45) is 5.92 Å². The molecule has 5 nitrogen and oxygen atoms in total. The van der Waals surface area contributed by atoms with Gasteiger partial charge in [-0.1, -0.05) is 12.1 Å². The van der Waals surface area contributed by atoms with E-state index < -0.39 is 5.82 Å². The molecule has 2 aromatic rings. The van der Waals surface area contributed by atoms with Gasteiger partial charge in [0.2, 0.25) is 0 Å². The minimum Gasteiger partial charge on any atom is -0.497 e. The first-order valence-corrected chi connectivity index (χ1v) is 8.74. The monoisotopic (exact) mass is 358 g/mol. The molecule has 1 atom stereocenters. The number of ether oxygens (including phenoxy) is 2. The Morgan fingerprint density at radius 3 is 2.58 bits per heavy atom. The van der Waals surface area contributed by atoms with E-state index in [9.17, 15) is 9.18 Å². The Morgan fingerprint density at radius 1 is 1.23 bits per heavy atom. The van der Waals surface area contributed by atoms with Crippen LogP contribution in [0.25, 0.3) is 0 Å². The molecule has 1 saturated carbocycles. The number of rotatable bonds is 7. The van der Waals surface area contributed by atoms with Crippen molar-refractivity contribution in [1.82, 2.24) is 5.32 Å². The highest BCUT2D eigenvalue weighted by molar-refractivity contribution is 5.91. The topological polar surface area (TPSA) is 59.6 Å². The fraction of sp³-hybridized carbons (Fsp3) is 0.350. The summed E-state index contributed by atoms with van der Waals surface area (Å²) in [6.45, 7) is 2.19. The number of hydrogen-bond donors (Lipinski definition) is 2. The molecule has 138 valence electrons. The lowest BCUT2D eigenvalue weighted by atomic mass is 10.0. The molecule has 1 aliphatic carbocycles. The van der Waals surface area contributed by atoms with Gasteiger partial charge in [-0.05, 0) is 55.5 Å². The molecule has 0 radical (unpaired) electrons. The molecule has 2 aromatic carbocycles. The average molecular weight is 358 g/mol. The van der Waals surface area contributed by atoms with Crippen LogP contribution in [0.1, 0.15) is 31.4 Å². The summed E-state index contributed by atoms with van der Waals surface area (Å²) < 4.78 is 24.0. The molecule has 0 heterocycles. The molecule has 0 spiro atoms. The van der Waals surface area contributed by atoms with Crippen molar-refractivity contribution in [1.29, 1.82) is 0 Å². The first-order chi connectivity index (χ1) is 12.6. The van der Waals surface area contributed by atoms with Crippen molar-refractivity contribution in [3.05, 3.63) is 53.8 Å². The van der Waals surface area contributed by atoms with Crippen LogP contribution in [0.5, 0.6) is 11.5 Å². The van der Waals surface area contributed by atoms with Gasteiger partial charge in [0.15, 0.2) is 0 Å². The van der Waals surface area contributed by atoms with Gasteiger partial charge in [0.05, 0.1) is 25.4 Å². The van der Waals surface area contributed by atoms with E-state index in [0.717, 1.165) is 24.2 Å². The van der Waals surface area contributed by atoms with Gasteiger partial charge >= 0.3 is 6.03 Å². The lowest BCUT2D eigenvalue weighted by Gasteiger charge is -2.20. The number of nitrogens with one attached hydrogen (secondary N) is 2. The second kappa shape index (κ2) is 8.08. The van der Waals surface area contributed by atoms with E-state index in [1.807, 2.05) is 31.2 Å². The van der Waals surface area contributed by atoms with Gasteiger partial charge in [0.1, 0.15) is 17.3 Å². The van der Waals surface area contributed by atoms with Crippen molar-refractivity contribution < 1.29 is 18.7 Å². The molecule has 0 saturated heterocycles. The van der Waals surface area contributed by atoms with E-state index in [1.54, 1.807) is 7.11 Å². The molecule has 26 heavy (non-hydrogen) atoms. The molecule has 1 unspecified atom stereocenters. The number of halogens is 1. The first-order valence-electron chi connectivity index (χ1n) is 8.74. The number of urea groups is 1. The lowest BCUT2D eigenvalue weighted by molar-refractivity contribution is 0.247. The van der Waals surface area contributed by atoms with Gasteiger partial charge in [-0.2, -0.15) is 0 Å². The minimum absolute atomic E-state index is 0.0723. The number of carbonyl (C=O) groups excluding carboxylic acids is 1. The van der Waals surface area contributed by atoms with Crippen LogP contribution in [0, 0.1) is 11.7 Å². The van der Waals surface area contributed by atoms with E-state index in [2.05, 4.69) is 10.6 Å². The third kappa shape index (κ3) is 4.45. The fourth-order valence-electron chi connectivity index (χ4n) is 2.89. The molecule has 6 heteroatoms. The Labute approximate surface area is 152 Å². The van der Waals surface area contributed by atoms with Crippen LogP contribution in [0.3, 0.4) is 0 Å². The van der Waals surface area contributed by atoms with Crippen LogP contribution in [0.2, 0.25) is 0 Å². The predicted molar refractivity (Wildman–Crippen MR) is 98.2 cm³/mol. The average Bonchev–Trinajstić information content (AvgIpc) is 3.47. The van der Waals surface area contributed by atoms with E-state index in [1.165, 1.54) is 18.2 Å². The second-order valence-electron chi connectivity index (χ2n) is 6.26. The summed E-state index contributed by atoms with van der Waals surface area (Å²) in [4.78, 5) is 12.5. The number of amides is 2. The summed E-state index contributed by atoms with van der Waals surface area (Å²) in [7, 11) is 1.62. The zero-order chi connectivity index (χ0) is 18.5. The maximum atomic E-state index is 13.4. The Balaban J connectivity index is 1.71. The van der Waals surface area contributed by atoms with E-state index in [4.69, 9.17) is 9.47 Å². The number of benzene rings is 2. The van der Waals surface area contributed by atoms with Gasteiger partial charge in [-0.3, -0.25) is 0 Å². The molecule has 3 rings (SSSR count). The summed E-state index contributed by atoms with van der Waals surface area (Å²) in [6.07, 6.45) is 2.16. The summed E-state index contributed by atoms with van der Waals surface area (Å²) in [5.41, 5.74) is 1.47. The molecule has 2 N–H and O–H groups in total. The van der Waals surface area contributed by atoms with Crippen LogP contribution in [0.15, 0.2) is 42.5 Å². The number of anilines is 1. The van der Waals surface area contributed by atoms with Crippen molar-refractivity contribution in [3.8, 4) is 11.5 Å². The Morgan fingerprint density at radius 2 is 1.96 bits per heavy atom. The molecule has 1 fully saturated rings. The zero-order valence-corrected chi connectivity index (χ0v) is 14.9. The standard InChI is InChI=1S/C20H23FN2O3/c1-3-26-18-12-15(21)8-11-17(18)22-20(24)23-19(13-4-5-13)14-6-9-16(25-2)10-7-14/h6-13,19H,3-5H2,1-2H3,(H2,22,23,24). The Bertz CT molecular complexity index is 760. The summed E-state index contributed by atoms with van der Waals surface area (Å²) in [5.74, 6) is 1.11. The summed E-state index contributed by atoms with van der Waals surface area (Å²) in [5, 5.41) is 5.79. The highest BCUT2D eigenvalue weighted by Gasteiger charge is 2.33. The molecule has 0 aromatic heterocycles. The largest absolute Gasteiger partial charge is 0.497 e. The van der Waals surface area contributed by atoms with E-state index in [-0.39, 0.29) is 12.1 Å². The lowest BCUT2D eigenvalue weighted by Crippen LogP contribution is -2.33. The molecule has 0 aliphatic heterocycles. The van der Waals surface area contributed by atoms with Gasteiger partial charge in [0, 0.05) is 6.07 Å². The molecule has 0 bridgehead atoms. The smallest absolute Gasteiger partial charge is 0.319 e. The number of methoxy groups -OCH3 is 1. The molecule has 2 amide bonds. The van der Waals surface area contributed by atoms with Crippen LogP contribution in [0.4, 0.5) is 14.9 Å². The second-order valence-corrected chi connectivity index (χ2v) is 6.26. The molecular formula is C20H23FN2O3. The van der Waals surface area contributed by atoms with Crippen LogP contribution < -0.4 is 20.1 Å². The summed E-state index contributed by atoms with van der Waals surface area (Å²) in [6, 6.07) is 11.3. The normalized spacial score (nSPS) is 14.4. The van der Waals surface area contributed by atoms with E-state index in [0.29, 0.717) is 24.0 Å². The van der Waals surface area contributed by atoms with Crippen LogP contribution >= 0.6 is 0 Å². The quantitative estimate of drug-likeness (QED) is 0.766. The Hall–Kier alpha value is -2.76. The van der Waals surface area contributed by atoms with Crippen molar-refractivity contribution in [2.75, 3.05) is 19.0 Å². The van der Waals surface area contributed by atoms with Gasteiger partial charge in [-0.15, -0.1) is 0 Å². The highest BCUT2D eigenvalue weighted by Crippen LogP contribution is 2.41. The van der Waals surface area contributed by atoms with Crippen molar-refractivity contribution in [2.45, 2.75) is 25.8 Å². The van der Waals surface area contributed by atoms with E-state index >= 15 is 0 Å². The molecular weight excluding hydrogens is 335 g/mol. The first kappa shape index (κ1) is 18.0. The minimum atomic E-state index is -0.409. The highest BCUT2D eigenvalue weighted by atomic mass is 19.1. The Kier molecular flexibility index (Phi) is 5.61. The zero-order valence-electron chi connectivity index (χ0n) is 14.9. The van der Waals surface area contributed by atoms with Gasteiger partial charge < -0.3 is 20.1 Å². The maximum absolute atomic E-state index is 13.4. The van der Waals surface area contributed by atoms with Gasteiger partial charge in [-0.25, -0.2) is 9.18 Å². The molecule has 1 aliphatic rings.